The summed E-state index contributed by atoms with van der Waals surface area (Å²) in [6.45, 7) is 5.88. The Morgan fingerprint density at radius 2 is 1.65 bits per heavy atom. The minimum Gasteiger partial charge on any atom is -0.304 e. The first-order chi connectivity index (χ1) is 7.98. The van der Waals surface area contributed by atoms with Crippen molar-refractivity contribution in [3.05, 3.63) is 42.5 Å². The van der Waals surface area contributed by atoms with Crippen molar-refractivity contribution in [2.24, 2.45) is 0 Å². The Hall–Kier alpha value is -1.35. The molecule has 90 valence electrons. The van der Waals surface area contributed by atoms with Crippen LogP contribution in [0, 0.1) is 0 Å². The average Bonchev–Trinajstić information content (AvgIpc) is 2.28. The van der Waals surface area contributed by atoms with Gasteiger partial charge in [-0.2, -0.15) is 0 Å². The molecule has 1 N–H and O–H groups in total. The first-order valence-corrected chi connectivity index (χ1v) is 6.80. The summed E-state index contributed by atoms with van der Waals surface area (Å²) >= 11 is 0. The normalized spacial score (nSPS) is 13.6. The van der Waals surface area contributed by atoms with Gasteiger partial charge in [0.2, 0.25) is 0 Å². The monoisotopic (exact) mass is 247 g/mol. The third-order valence-electron chi connectivity index (χ3n) is 2.55. The molecule has 0 saturated carbocycles. The van der Waals surface area contributed by atoms with Crippen molar-refractivity contribution in [1.82, 2.24) is 0 Å². The van der Waals surface area contributed by atoms with Gasteiger partial charge in [0.05, 0.1) is 10.4 Å². The third kappa shape index (κ3) is 2.67. The number of benzene rings is 2. The fourth-order valence-corrected chi connectivity index (χ4v) is 2.25. The van der Waals surface area contributed by atoms with Gasteiger partial charge in [0.15, 0.2) is 0 Å². The Bertz CT molecular complexity index is 552. The molecule has 0 fully saturated rings. The zero-order chi connectivity index (χ0) is 12.5. The second-order valence-electron chi connectivity index (χ2n) is 5.01. The van der Waals surface area contributed by atoms with Gasteiger partial charge in [-0.1, -0.05) is 36.4 Å². The van der Waals surface area contributed by atoms with Gasteiger partial charge in [-0.25, -0.2) is 4.21 Å². The molecule has 1 atom stereocenters. The molecule has 0 unspecified atom stereocenters. The highest BCUT2D eigenvalue weighted by atomic mass is 32.2. The highest BCUT2D eigenvalue weighted by Crippen LogP contribution is 2.25. The van der Waals surface area contributed by atoms with Crippen LogP contribution in [0.15, 0.2) is 42.5 Å². The molecule has 17 heavy (non-hydrogen) atoms. The minimum absolute atomic E-state index is 0.267. The van der Waals surface area contributed by atoms with Crippen LogP contribution in [0.1, 0.15) is 20.8 Å². The predicted molar refractivity (Wildman–Crippen MR) is 75.5 cm³/mol. The highest BCUT2D eigenvalue weighted by molar-refractivity contribution is 7.87. The van der Waals surface area contributed by atoms with E-state index in [1.807, 2.05) is 51.1 Å². The molecule has 0 aliphatic rings. The van der Waals surface area contributed by atoms with Gasteiger partial charge in [-0.15, -0.1) is 0 Å². The summed E-state index contributed by atoms with van der Waals surface area (Å²) < 4.78 is 14.9. The molecule has 0 heterocycles. The van der Waals surface area contributed by atoms with Crippen molar-refractivity contribution >= 4 is 27.4 Å². The Morgan fingerprint density at radius 3 is 2.35 bits per heavy atom. The van der Waals surface area contributed by atoms with Crippen molar-refractivity contribution in [1.29, 1.82) is 0 Å². The van der Waals surface area contributed by atoms with Crippen molar-refractivity contribution in [2.45, 2.75) is 25.5 Å². The van der Waals surface area contributed by atoms with Gasteiger partial charge < -0.3 is 4.72 Å². The number of nitrogens with one attached hydrogen (secondary N) is 1. The first-order valence-electron chi connectivity index (χ1n) is 5.65. The summed E-state index contributed by atoms with van der Waals surface area (Å²) in [6.07, 6.45) is 0. The van der Waals surface area contributed by atoms with Gasteiger partial charge in [-0.05, 0) is 32.2 Å². The summed E-state index contributed by atoms with van der Waals surface area (Å²) in [4.78, 5) is 0. The van der Waals surface area contributed by atoms with Gasteiger partial charge in [0, 0.05) is 5.39 Å². The van der Waals surface area contributed by atoms with Crippen LogP contribution in [0.25, 0.3) is 10.8 Å². The maximum Gasteiger partial charge on any atom is 0.122 e. The molecule has 2 aromatic carbocycles. The standard InChI is InChI=1S/C14H17NOS/c1-14(2,3)17(16)15-13-10-6-8-11-7-4-5-9-12(11)13/h4-10,15H,1-3H3/t17-/m1/s1. The van der Waals surface area contributed by atoms with Crippen molar-refractivity contribution in [2.75, 3.05) is 4.72 Å². The van der Waals surface area contributed by atoms with E-state index in [2.05, 4.69) is 16.9 Å². The Labute approximate surface area is 105 Å². The average molecular weight is 247 g/mol. The second kappa shape index (κ2) is 4.49. The van der Waals surface area contributed by atoms with Gasteiger partial charge >= 0.3 is 0 Å². The highest BCUT2D eigenvalue weighted by Gasteiger charge is 2.19. The molecular formula is C14H17NOS. The Morgan fingerprint density at radius 1 is 1.00 bits per heavy atom. The van der Waals surface area contributed by atoms with E-state index >= 15 is 0 Å². The van der Waals surface area contributed by atoms with Crippen LogP contribution in [0.5, 0.6) is 0 Å². The summed E-state index contributed by atoms with van der Waals surface area (Å²) in [6, 6.07) is 14.1. The van der Waals surface area contributed by atoms with Crippen molar-refractivity contribution < 1.29 is 4.21 Å². The molecular weight excluding hydrogens is 230 g/mol. The molecule has 0 bridgehead atoms. The third-order valence-corrected chi connectivity index (χ3v) is 4.07. The van der Waals surface area contributed by atoms with E-state index in [1.165, 1.54) is 0 Å². The maximum atomic E-state index is 12.1. The summed E-state index contributed by atoms with van der Waals surface area (Å²) in [5.74, 6) is 0. The molecule has 0 aromatic heterocycles. The fraction of sp³-hybridized carbons (Fsp3) is 0.286. The van der Waals surface area contributed by atoms with Crippen LogP contribution in [0.3, 0.4) is 0 Å². The van der Waals surface area contributed by atoms with Crippen LogP contribution in [-0.2, 0) is 11.0 Å². The summed E-state index contributed by atoms with van der Waals surface area (Å²) in [5, 5.41) is 2.26. The first kappa shape index (κ1) is 12.1. The summed E-state index contributed by atoms with van der Waals surface area (Å²) in [5.41, 5.74) is 0.927. The van der Waals surface area contributed by atoms with E-state index in [1.54, 1.807) is 0 Å². The molecule has 0 amide bonds. The number of anilines is 1. The molecule has 3 heteroatoms. The van der Waals surface area contributed by atoms with Crippen molar-refractivity contribution in [3.63, 3.8) is 0 Å². The zero-order valence-electron chi connectivity index (χ0n) is 10.4. The minimum atomic E-state index is -1.09. The van der Waals surface area contributed by atoms with E-state index in [-0.39, 0.29) is 4.75 Å². The van der Waals surface area contributed by atoms with E-state index in [4.69, 9.17) is 0 Å². The topological polar surface area (TPSA) is 29.1 Å². The van der Waals surface area contributed by atoms with Gasteiger partial charge in [0.25, 0.3) is 0 Å². The van der Waals surface area contributed by atoms with Gasteiger partial charge in [-0.3, -0.25) is 0 Å². The number of hydrogen-bond acceptors (Lipinski definition) is 1. The molecule has 2 rings (SSSR count). The second-order valence-corrected chi connectivity index (χ2v) is 6.98. The van der Waals surface area contributed by atoms with Crippen LogP contribution < -0.4 is 4.72 Å². The molecule has 2 aromatic rings. The van der Waals surface area contributed by atoms with Crippen LogP contribution >= 0.6 is 0 Å². The van der Waals surface area contributed by atoms with E-state index in [0.717, 1.165) is 16.5 Å². The molecule has 2 nitrogen and oxygen atoms in total. The lowest BCUT2D eigenvalue weighted by atomic mass is 10.1. The van der Waals surface area contributed by atoms with Crippen LogP contribution in [0.4, 0.5) is 5.69 Å². The lowest BCUT2D eigenvalue weighted by Crippen LogP contribution is -2.27. The molecule has 0 saturated heterocycles. The maximum absolute atomic E-state index is 12.1. The predicted octanol–water partition coefficient (Wildman–Crippen LogP) is 3.71. The number of fused-ring (bicyclic) bond motifs is 1. The SMILES string of the molecule is CC(C)(C)[S@@](=O)Nc1cccc2ccccc12. The lowest BCUT2D eigenvalue weighted by molar-refractivity contribution is 0.653. The van der Waals surface area contributed by atoms with E-state index in [0.29, 0.717) is 0 Å². The molecule has 0 aliphatic heterocycles. The quantitative estimate of drug-likeness (QED) is 0.861. The smallest absolute Gasteiger partial charge is 0.122 e. The van der Waals surface area contributed by atoms with Crippen LogP contribution in [0.2, 0.25) is 0 Å². The fourth-order valence-electron chi connectivity index (χ4n) is 1.57. The van der Waals surface area contributed by atoms with Crippen LogP contribution in [-0.4, -0.2) is 8.96 Å². The summed E-state index contributed by atoms with van der Waals surface area (Å²) in [7, 11) is -1.09. The number of hydrogen-bond donors (Lipinski definition) is 1. The largest absolute Gasteiger partial charge is 0.304 e. The lowest BCUT2D eigenvalue weighted by Gasteiger charge is -2.19. The van der Waals surface area contributed by atoms with E-state index < -0.39 is 11.0 Å². The molecule has 0 aliphatic carbocycles. The molecule has 0 radical (unpaired) electrons. The zero-order valence-corrected chi connectivity index (χ0v) is 11.2. The number of rotatable bonds is 2. The Balaban J connectivity index is 2.40. The van der Waals surface area contributed by atoms with Crippen molar-refractivity contribution in [3.8, 4) is 0 Å². The Kier molecular flexibility index (Phi) is 3.20. The van der Waals surface area contributed by atoms with Gasteiger partial charge in [0.1, 0.15) is 11.0 Å². The van der Waals surface area contributed by atoms with E-state index in [9.17, 15) is 4.21 Å². The molecule has 0 spiro atoms.